The summed E-state index contributed by atoms with van der Waals surface area (Å²) >= 11 is 0. The largest absolute Gasteiger partial charge is 0.469 e. The number of aromatic nitrogens is 4. The molecule has 20 nitrogen and oxygen atoms in total. The van der Waals surface area contributed by atoms with E-state index in [0.717, 1.165) is 0 Å². The zero-order valence-electron chi connectivity index (χ0n) is 39.2. The molecule has 0 fully saturated rings. The minimum absolute atomic E-state index is 0.0247. The summed E-state index contributed by atoms with van der Waals surface area (Å²) in [6.07, 6.45) is -1.52. The molecule has 0 saturated carbocycles. The number of aromatic amines is 2. The van der Waals surface area contributed by atoms with E-state index in [-0.39, 0.29) is 99.8 Å². The molecule has 8 bridgehead atoms. The summed E-state index contributed by atoms with van der Waals surface area (Å²) in [4.78, 5) is 120. The van der Waals surface area contributed by atoms with Gasteiger partial charge in [-0.2, -0.15) is 0 Å². The maximum absolute atomic E-state index is 13.2. The highest BCUT2D eigenvalue weighted by molar-refractivity contribution is 6.03. The normalized spacial score (nSPS) is 12.0. The molecule has 2 aliphatic rings. The lowest BCUT2D eigenvalue weighted by atomic mass is 9.95. The minimum Gasteiger partial charge on any atom is -0.469 e. The number of carbonyl (C=O) groups excluding carboxylic acids is 8. The molecule has 0 atom stereocenters. The second-order valence-corrected chi connectivity index (χ2v) is 15.4. The third-order valence-corrected chi connectivity index (χ3v) is 11.6. The number of fused-ring (bicyclic) bond motifs is 8. The molecule has 5 rings (SSSR count). The molecule has 0 amide bonds. The average molecular weight is 943 g/mol. The van der Waals surface area contributed by atoms with Crippen LogP contribution >= 0.6 is 0 Å². The van der Waals surface area contributed by atoms with Crippen LogP contribution in [0.4, 0.5) is 0 Å². The molecule has 0 spiro atoms. The summed E-state index contributed by atoms with van der Waals surface area (Å²) in [5, 5.41) is 0. The molecule has 5 heterocycles. The molecule has 362 valence electrons. The van der Waals surface area contributed by atoms with Crippen molar-refractivity contribution in [2.45, 2.75) is 77.0 Å². The first-order valence-electron chi connectivity index (χ1n) is 21.4. The van der Waals surface area contributed by atoms with E-state index in [1.807, 2.05) is 0 Å². The standard InChI is InChI=1S/C48H54N4O16/c1-61-41(53)13-9-25-29(17-45(57)65-5)37-22-35-27(11-15-43(55)63-3)30(18-46(58)66-6)38(51-35)23-36-28(12-16-44(56)64-4)32(20-48(60)68-8)40(52-36)24-39-31(19-47(59)67-7)26(10-14-42(54)62-2)34(50-39)21-33(25)49-37/h21-24,50,52H,9-20H2,1-8H3. The number of aryl methyl sites for hydroxylation is 2. The number of hydrogen-bond donors (Lipinski definition) is 2. The summed E-state index contributed by atoms with van der Waals surface area (Å²) in [6.45, 7) is 0. The van der Waals surface area contributed by atoms with Crippen LogP contribution in [0, 0.1) is 0 Å². The molecule has 3 aromatic rings. The Balaban J connectivity index is 2.11. The van der Waals surface area contributed by atoms with Gasteiger partial charge in [-0.05, 0) is 94.5 Å². The van der Waals surface area contributed by atoms with E-state index in [9.17, 15) is 38.4 Å². The maximum atomic E-state index is 13.2. The number of ether oxygens (including phenoxy) is 8. The quantitative estimate of drug-likeness (QED) is 0.114. The summed E-state index contributed by atoms with van der Waals surface area (Å²) in [5.41, 5.74) is 5.90. The lowest BCUT2D eigenvalue weighted by Crippen LogP contribution is -2.08. The number of carbonyl (C=O) groups is 8. The molecule has 0 aliphatic carbocycles. The number of allylic oxidation sites excluding steroid dienone is 2. The summed E-state index contributed by atoms with van der Waals surface area (Å²) in [7, 11) is 9.91. The molecule has 20 heteroatoms. The van der Waals surface area contributed by atoms with Gasteiger partial charge in [0.15, 0.2) is 0 Å². The third-order valence-electron chi connectivity index (χ3n) is 11.6. The van der Waals surface area contributed by atoms with Crippen molar-refractivity contribution < 1.29 is 76.3 Å². The highest BCUT2D eigenvalue weighted by atomic mass is 16.5. The zero-order valence-corrected chi connectivity index (χ0v) is 39.2. The fourth-order valence-electron chi connectivity index (χ4n) is 8.02. The van der Waals surface area contributed by atoms with Gasteiger partial charge in [-0.3, -0.25) is 38.4 Å². The smallest absolute Gasteiger partial charge is 0.310 e. The Morgan fingerprint density at radius 3 is 0.971 bits per heavy atom. The second-order valence-electron chi connectivity index (χ2n) is 15.4. The lowest BCUT2D eigenvalue weighted by Gasteiger charge is -2.09. The van der Waals surface area contributed by atoms with Crippen LogP contribution < -0.4 is 0 Å². The number of methoxy groups -OCH3 is 8. The Bertz CT molecular complexity index is 2740. The van der Waals surface area contributed by atoms with Crippen molar-refractivity contribution in [2.75, 3.05) is 56.9 Å². The van der Waals surface area contributed by atoms with E-state index in [4.69, 9.17) is 47.9 Å². The fraction of sp³-hybridized carbons (Fsp3) is 0.417. The van der Waals surface area contributed by atoms with E-state index in [2.05, 4.69) is 9.97 Å². The van der Waals surface area contributed by atoms with Crippen molar-refractivity contribution in [2.24, 2.45) is 0 Å². The predicted molar refractivity (Wildman–Crippen MR) is 243 cm³/mol. The topological polar surface area (TPSA) is 268 Å². The Morgan fingerprint density at radius 2 is 0.618 bits per heavy atom. The van der Waals surface area contributed by atoms with Gasteiger partial charge < -0.3 is 47.9 Å². The van der Waals surface area contributed by atoms with Gasteiger partial charge in [0.05, 0.1) is 105 Å². The van der Waals surface area contributed by atoms with Crippen LogP contribution in [0.15, 0.2) is 24.3 Å². The van der Waals surface area contributed by atoms with Gasteiger partial charge >= 0.3 is 47.8 Å². The minimum atomic E-state index is -0.634. The number of esters is 8. The highest BCUT2D eigenvalue weighted by Crippen LogP contribution is 2.41. The first-order valence-corrected chi connectivity index (χ1v) is 21.4. The highest BCUT2D eigenvalue weighted by Gasteiger charge is 2.29. The number of nitrogens with one attached hydrogen (secondary N) is 2. The molecular formula is C48H54N4O16. The van der Waals surface area contributed by atoms with Crippen molar-refractivity contribution in [3.05, 3.63) is 69.3 Å². The SMILES string of the molecule is COC(=O)CCC1=C(CC(=O)OC)c2cc3nc(cc4[nH]c(cc5[nH]c(cc1n2)c(CCC(=O)OC)c5CC(=O)OC)c(CC(=O)OC)c4CCC(=O)OC)C(CC(=O)OC)=C3CCC(=O)OC. The second kappa shape index (κ2) is 23.7. The Kier molecular flexibility index (Phi) is 17.9. The lowest BCUT2D eigenvalue weighted by molar-refractivity contribution is -0.141. The van der Waals surface area contributed by atoms with Crippen molar-refractivity contribution in [1.29, 1.82) is 0 Å². The zero-order chi connectivity index (χ0) is 49.7. The third kappa shape index (κ3) is 12.4. The maximum Gasteiger partial charge on any atom is 0.310 e. The number of H-pyrrole nitrogens is 2. The van der Waals surface area contributed by atoms with Gasteiger partial charge in [-0.15, -0.1) is 0 Å². The molecule has 2 N–H and O–H groups in total. The molecule has 3 aromatic heterocycles. The van der Waals surface area contributed by atoms with Crippen LogP contribution in [-0.2, 0) is 102 Å². The Labute approximate surface area is 390 Å². The fourth-order valence-corrected chi connectivity index (χ4v) is 8.02. The number of nitrogens with zero attached hydrogens (tertiary/aromatic N) is 2. The van der Waals surface area contributed by atoms with Crippen molar-refractivity contribution in [3.8, 4) is 0 Å². The van der Waals surface area contributed by atoms with Gasteiger partial charge in [-0.25, -0.2) is 9.97 Å². The molecule has 0 radical (unpaired) electrons. The molecule has 0 unspecified atom stereocenters. The summed E-state index contributed by atoms with van der Waals surface area (Å²) < 4.78 is 40.4. The Morgan fingerprint density at radius 1 is 0.338 bits per heavy atom. The first-order chi connectivity index (χ1) is 32.6. The molecule has 0 aromatic carbocycles. The van der Waals surface area contributed by atoms with Crippen LogP contribution in [0.2, 0.25) is 0 Å². The van der Waals surface area contributed by atoms with Gasteiger partial charge in [0.2, 0.25) is 0 Å². The van der Waals surface area contributed by atoms with Crippen molar-refractivity contribution in [1.82, 2.24) is 19.9 Å². The van der Waals surface area contributed by atoms with Crippen molar-refractivity contribution >= 4 is 92.1 Å². The van der Waals surface area contributed by atoms with E-state index in [1.54, 1.807) is 24.3 Å². The molecule has 68 heavy (non-hydrogen) atoms. The van der Waals surface area contributed by atoms with E-state index >= 15 is 0 Å². The molecule has 0 saturated heterocycles. The molecule has 2 aliphatic heterocycles. The van der Waals surface area contributed by atoms with Crippen LogP contribution in [-0.4, -0.2) is 125 Å². The van der Waals surface area contributed by atoms with Gasteiger partial charge in [-0.1, -0.05) is 0 Å². The van der Waals surface area contributed by atoms with Crippen LogP contribution in [0.1, 0.15) is 96.4 Å². The summed E-state index contributed by atoms with van der Waals surface area (Å²) in [6, 6.07) is 6.57. The van der Waals surface area contributed by atoms with Crippen molar-refractivity contribution in [3.63, 3.8) is 0 Å². The summed E-state index contributed by atoms with van der Waals surface area (Å²) in [5.74, 6) is -4.68. The molecular weight excluding hydrogens is 889 g/mol. The van der Waals surface area contributed by atoms with Crippen LogP contribution in [0.5, 0.6) is 0 Å². The van der Waals surface area contributed by atoms with Gasteiger partial charge in [0.1, 0.15) is 0 Å². The monoisotopic (exact) mass is 942 g/mol. The number of hydrogen-bond acceptors (Lipinski definition) is 18. The first kappa shape index (κ1) is 51.3. The predicted octanol–water partition coefficient (Wildman–Crippen LogP) is 4.81. The van der Waals surface area contributed by atoms with E-state index < -0.39 is 47.8 Å². The van der Waals surface area contributed by atoms with Crippen LogP contribution in [0.3, 0.4) is 0 Å². The van der Waals surface area contributed by atoms with Gasteiger partial charge in [0, 0.05) is 47.8 Å². The Hall–Kier alpha value is -7.64. The van der Waals surface area contributed by atoms with Crippen LogP contribution in [0.25, 0.3) is 44.4 Å². The average Bonchev–Trinajstić information content (AvgIpc) is 4.04. The number of rotatable bonds is 20. The van der Waals surface area contributed by atoms with E-state index in [0.29, 0.717) is 66.6 Å². The van der Waals surface area contributed by atoms with Gasteiger partial charge in [0.25, 0.3) is 0 Å². The van der Waals surface area contributed by atoms with E-state index in [1.165, 1.54) is 56.9 Å².